The molecule has 148 valence electrons. The van der Waals surface area contributed by atoms with Gasteiger partial charge >= 0.3 is 0 Å². The highest BCUT2D eigenvalue weighted by atomic mass is 16.6. The summed E-state index contributed by atoms with van der Waals surface area (Å²) in [6.07, 6.45) is 0. The molecule has 1 aromatic heterocycles. The normalized spacial score (nSPS) is 10.7. The number of amides is 1. The number of para-hydroxylation sites is 1. The molecule has 0 bridgehead atoms. The van der Waals surface area contributed by atoms with Crippen molar-refractivity contribution in [1.82, 2.24) is 9.78 Å². The lowest BCUT2D eigenvalue weighted by Crippen LogP contribution is -2.26. The van der Waals surface area contributed by atoms with Crippen LogP contribution in [0.2, 0.25) is 0 Å². The lowest BCUT2D eigenvalue weighted by atomic mass is 10.1. The van der Waals surface area contributed by atoms with Gasteiger partial charge in [0.1, 0.15) is 0 Å². The highest BCUT2D eigenvalue weighted by Crippen LogP contribution is 2.26. The number of anilines is 1. The van der Waals surface area contributed by atoms with Crippen molar-refractivity contribution in [2.45, 2.75) is 6.92 Å². The summed E-state index contributed by atoms with van der Waals surface area (Å²) in [7, 11) is 0. The largest absolute Gasteiger partial charge is 0.320 e. The van der Waals surface area contributed by atoms with E-state index in [4.69, 9.17) is 0 Å². The summed E-state index contributed by atoms with van der Waals surface area (Å²) in [5.74, 6) is -0.570. The van der Waals surface area contributed by atoms with Gasteiger partial charge in [-0.2, -0.15) is 9.78 Å². The van der Waals surface area contributed by atoms with Crippen molar-refractivity contribution < 1.29 is 9.72 Å². The zero-order valence-electron chi connectivity index (χ0n) is 15.9. The van der Waals surface area contributed by atoms with Gasteiger partial charge < -0.3 is 5.32 Å². The minimum absolute atomic E-state index is 0.0416. The molecule has 0 aliphatic heterocycles. The lowest BCUT2D eigenvalue weighted by Gasteiger charge is -2.12. The third-order valence-electron chi connectivity index (χ3n) is 4.77. The fraction of sp³-hybridized carbons (Fsp3) is 0.0455. The number of aromatic nitrogens is 2. The second-order valence-electron chi connectivity index (χ2n) is 6.61. The Morgan fingerprint density at radius 1 is 0.967 bits per heavy atom. The van der Waals surface area contributed by atoms with E-state index in [1.54, 1.807) is 61.5 Å². The molecule has 8 heteroatoms. The average Bonchev–Trinajstić information content (AvgIpc) is 2.76. The summed E-state index contributed by atoms with van der Waals surface area (Å²) in [6.45, 7) is 1.56. The molecule has 0 aliphatic rings. The zero-order valence-corrected chi connectivity index (χ0v) is 15.9. The van der Waals surface area contributed by atoms with Crippen LogP contribution in [0, 0.1) is 17.0 Å². The van der Waals surface area contributed by atoms with Gasteiger partial charge in [-0.1, -0.05) is 42.5 Å². The fourth-order valence-electron chi connectivity index (χ4n) is 3.24. The monoisotopic (exact) mass is 400 g/mol. The molecule has 0 radical (unpaired) electrons. The molecule has 0 fully saturated rings. The third-order valence-corrected chi connectivity index (χ3v) is 4.77. The van der Waals surface area contributed by atoms with Crippen molar-refractivity contribution in [1.29, 1.82) is 0 Å². The molecule has 0 atom stereocenters. The van der Waals surface area contributed by atoms with Crippen molar-refractivity contribution in [3.63, 3.8) is 0 Å². The maximum Gasteiger partial charge on any atom is 0.279 e. The van der Waals surface area contributed by atoms with Crippen LogP contribution in [0.1, 0.15) is 16.1 Å². The molecular weight excluding hydrogens is 384 g/mol. The molecule has 1 N–H and O–H groups in total. The van der Waals surface area contributed by atoms with Gasteiger partial charge in [0.05, 0.1) is 27.2 Å². The Morgan fingerprint density at radius 3 is 2.33 bits per heavy atom. The van der Waals surface area contributed by atoms with Crippen molar-refractivity contribution in [2.75, 3.05) is 5.32 Å². The standard InChI is InChI=1S/C22H16N4O4/c1-14-18(12-7-13-19(14)26(29)30)23-21(27)20-16-10-5-6-11-17(16)22(28)25(24-20)15-8-3-2-4-9-15/h2-13H,1H3,(H,23,27). The molecule has 3 aromatic carbocycles. The molecule has 4 aromatic rings. The van der Waals surface area contributed by atoms with E-state index in [1.807, 2.05) is 6.07 Å². The molecule has 30 heavy (non-hydrogen) atoms. The first-order valence-corrected chi connectivity index (χ1v) is 9.10. The van der Waals surface area contributed by atoms with Crippen LogP contribution in [0.5, 0.6) is 0 Å². The highest BCUT2D eigenvalue weighted by molar-refractivity contribution is 6.11. The Morgan fingerprint density at radius 2 is 1.63 bits per heavy atom. The summed E-state index contributed by atoms with van der Waals surface area (Å²) >= 11 is 0. The third kappa shape index (κ3) is 3.30. The van der Waals surface area contributed by atoms with Gasteiger partial charge in [0.2, 0.25) is 0 Å². The predicted octanol–water partition coefficient (Wildman–Crippen LogP) is 3.85. The SMILES string of the molecule is Cc1c(NC(=O)c2nn(-c3ccccc3)c(=O)c3ccccc23)cccc1[N+](=O)[O-]. The molecule has 0 saturated carbocycles. The number of carbonyl (C=O) groups is 1. The number of hydrogen-bond acceptors (Lipinski definition) is 5. The summed E-state index contributed by atoms with van der Waals surface area (Å²) in [5, 5.41) is 18.9. The van der Waals surface area contributed by atoms with Crippen LogP contribution in [0.25, 0.3) is 16.5 Å². The smallest absolute Gasteiger partial charge is 0.279 e. The Kier molecular flexibility index (Phi) is 4.81. The molecule has 0 unspecified atom stereocenters. The first kappa shape index (κ1) is 19.0. The Bertz CT molecular complexity index is 1350. The molecule has 0 aliphatic carbocycles. The molecule has 1 amide bonds. The Balaban J connectivity index is 1.86. The first-order chi connectivity index (χ1) is 14.5. The van der Waals surface area contributed by atoms with Crippen LogP contribution >= 0.6 is 0 Å². The number of rotatable bonds is 4. The van der Waals surface area contributed by atoms with E-state index in [2.05, 4.69) is 10.4 Å². The Labute approximate surface area is 170 Å². The minimum Gasteiger partial charge on any atom is -0.320 e. The van der Waals surface area contributed by atoms with E-state index in [0.717, 1.165) is 0 Å². The van der Waals surface area contributed by atoms with Crippen LogP contribution < -0.4 is 10.9 Å². The van der Waals surface area contributed by atoms with E-state index in [0.29, 0.717) is 27.7 Å². The van der Waals surface area contributed by atoms with Crippen molar-refractivity contribution >= 4 is 28.1 Å². The molecular formula is C22H16N4O4. The Hall–Kier alpha value is -4.33. The quantitative estimate of drug-likeness (QED) is 0.413. The second-order valence-corrected chi connectivity index (χ2v) is 6.61. The van der Waals surface area contributed by atoms with Gasteiger partial charge in [-0.05, 0) is 31.2 Å². The van der Waals surface area contributed by atoms with E-state index in [1.165, 1.54) is 16.8 Å². The number of fused-ring (bicyclic) bond motifs is 1. The maximum absolute atomic E-state index is 13.1. The van der Waals surface area contributed by atoms with Gasteiger partial charge in [0, 0.05) is 11.5 Å². The van der Waals surface area contributed by atoms with Crippen LogP contribution in [0.4, 0.5) is 11.4 Å². The van der Waals surface area contributed by atoms with Gasteiger partial charge in [0.25, 0.3) is 17.2 Å². The van der Waals surface area contributed by atoms with E-state index in [-0.39, 0.29) is 16.9 Å². The number of nitro benzene ring substituents is 1. The molecule has 0 spiro atoms. The minimum atomic E-state index is -0.570. The number of benzene rings is 3. The van der Waals surface area contributed by atoms with E-state index < -0.39 is 10.8 Å². The van der Waals surface area contributed by atoms with Crippen molar-refractivity contribution in [3.8, 4) is 5.69 Å². The van der Waals surface area contributed by atoms with Crippen molar-refractivity contribution in [3.05, 3.63) is 105 Å². The maximum atomic E-state index is 13.1. The van der Waals surface area contributed by atoms with Gasteiger partial charge in [0.15, 0.2) is 5.69 Å². The molecule has 1 heterocycles. The van der Waals surface area contributed by atoms with Gasteiger partial charge in [-0.15, -0.1) is 0 Å². The number of nitrogens with one attached hydrogen (secondary N) is 1. The summed E-state index contributed by atoms with van der Waals surface area (Å²) in [5.41, 5.74) is 0.752. The number of carbonyl (C=O) groups excluding carboxylic acids is 1. The van der Waals surface area contributed by atoms with Crippen LogP contribution in [-0.2, 0) is 0 Å². The highest BCUT2D eigenvalue weighted by Gasteiger charge is 2.20. The molecule has 8 nitrogen and oxygen atoms in total. The van der Waals surface area contributed by atoms with Gasteiger partial charge in [-0.25, -0.2) is 0 Å². The van der Waals surface area contributed by atoms with Gasteiger partial charge in [-0.3, -0.25) is 19.7 Å². The average molecular weight is 400 g/mol. The predicted molar refractivity (Wildman–Crippen MR) is 113 cm³/mol. The van der Waals surface area contributed by atoms with E-state index >= 15 is 0 Å². The number of hydrogen-bond donors (Lipinski definition) is 1. The topological polar surface area (TPSA) is 107 Å². The van der Waals surface area contributed by atoms with Crippen molar-refractivity contribution in [2.24, 2.45) is 0 Å². The number of nitro groups is 1. The summed E-state index contributed by atoms with van der Waals surface area (Å²) in [4.78, 5) is 36.7. The summed E-state index contributed by atoms with van der Waals surface area (Å²) in [6, 6.07) is 19.9. The van der Waals surface area contributed by atoms with Crippen LogP contribution in [0.3, 0.4) is 0 Å². The first-order valence-electron chi connectivity index (χ1n) is 9.10. The van der Waals surface area contributed by atoms with E-state index in [9.17, 15) is 19.7 Å². The van der Waals surface area contributed by atoms with Crippen LogP contribution in [-0.4, -0.2) is 20.6 Å². The fourth-order valence-corrected chi connectivity index (χ4v) is 3.24. The number of nitrogens with zero attached hydrogens (tertiary/aromatic N) is 3. The molecule has 0 saturated heterocycles. The second kappa shape index (κ2) is 7.59. The van der Waals surface area contributed by atoms with Crippen LogP contribution in [0.15, 0.2) is 77.6 Å². The zero-order chi connectivity index (χ0) is 21.3. The lowest BCUT2D eigenvalue weighted by molar-refractivity contribution is -0.385. The molecule has 4 rings (SSSR count). The summed E-state index contributed by atoms with van der Waals surface area (Å²) < 4.78 is 1.18.